The first-order chi connectivity index (χ1) is 5.38. The molecule has 64 valence electrons. The number of nitrogens with two attached hydrogens (primary N) is 1. The SMILES string of the molecule is NN1CCCCC2NCCC21. The number of hydrazine groups is 1. The predicted molar refractivity (Wildman–Crippen MR) is 44.9 cm³/mol. The van der Waals surface area contributed by atoms with E-state index in [1.807, 2.05) is 5.01 Å². The fourth-order valence-electron chi connectivity index (χ4n) is 2.27. The Hall–Kier alpha value is -0.120. The van der Waals surface area contributed by atoms with Crippen molar-refractivity contribution in [3.05, 3.63) is 0 Å². The fraction of sp³-hybridized carbons (Fsp3) is 1.00. The van der Waals surface area contributed by atoms with E-state index in [1.54, 1.807) is 0 Å². The minimum atomic E-state index is 0.623. The quantitative estimate of drug-likeness (QED) is 0.487. The zero-order chi connectivity index (χ0) is 7.68. The lowest BCUT2D eigenvalue weighted by Gasteiger charge is -2.24. The maximum atomic E-state index is 5.91. The summed E-state index contributed by atoms with van der Waals surface area (Å²) >= 11 is 0. The minimum Gasteiger partial charge on any atom is -0.312 e. The van der Waals surface area contributed by atoms with Crippen molar-refractivity contribution < 1.29 is 0 Å². The molecule has 0 radical (unpaired) electrons. The van der Waals surface area contributed by atoms with Crippen molar-refractivity contribution in [2.45, 2.75) is 37.8 Å². The maximum absolute atomic E-state index is 5.91. The summed E-state index contributed by atoms with van der Waals surface area (Å²) in [4.78, 5) is 0. The number of hydrogen-bond acceptors (Lipinski definition) is 3. The van der Waals surface area contributed by atoms with E-state index >= 15 is 0 Å². The highest BCUT2D eigenvalue weighted by Gasteiger charge is 2.31. The van der Waals surface area contributed by atoms with Gasteiger partial charge < -0.3 is 5.32 Å². The fourth-order valence-corrected chi connectivity index (χ4v) is 2.27. The van der Waals surface area contributed by atoms with Crippen LogP contribution in [0.3, 0.4) is 0 Å². The van der Waals surface area contributed by atoms with Crippen LogP contribution in [0.25, 0.3) is 0 Å². The van der Waals surface area contributed by atoms with Gasteiger partial charge in [-0.15, -0.1) is 0 Å². The van der Waals surface area contributed by atoms with E-state index in [-0.39, 0.29) is 0 Å². The first-order valence-corrected chi connectivity index (χ1v) is 4.62. The van der Waals surface area contributed by atoms with Crippen LogP contribution in [0, 0.1) is 0 Å². The largest absolute Gasteiger partial charge is 0.312 e. The third-order valence-corrected chi connectivity index (χ3v) is 2.92. The number of nitrogens with zero attached hydrogens (tertiary/aromatic N) is 1. The van der Waals surface area contributed by atoms with Crippen molar-refractivity contribution in [1.82, 2.24) is 10.3 Å². The van der Waals surface area contributed by atoms with Crippen LogP contribution in [0.1, 0.15) is 25.7 Å². The Labute approximate surface area is 67.9 Å². The van der Waals surface area contributed by atoms with Gasteiger partial charge in [-0.25, -0.2) is 5.01 Å². The molecule has 2 aliphatic rings. The second-order valence-corrected chi connectivity index (χ2v) is 3.65. The van der Waals surface area contributed by atoms with Gasteiger partial charge in [-0.3, -0.25) is 5.84 Å². The summed E-state index contributed by atoms with van der Waals surface area (Å²) in [6, 6.07) is 1.31. The lowest BCUT2D eigenvalue weighted by Crippen LogP contribution is -2.46. The standard InChI is InChI=1S/C8H17N3/c9-11-6-2-1-3-7-8(11)4-5-10-7/h7-8,10H,1-6,9H2. The molecule has 0 aliphatic carbocycles. The molecular weight excluding hydrogens is 138 g/mol. The van der Waals surface area contributed by atoms with Crippen molar-refractivity contribution in [2.75, 3.05) is 13.1 Å². The molecule has 2 saturated heterocycles. The first-order valence-electron chi connectivity index (χ1n) is 4.62. The molecule has 2 aliphatic heterocycles. The molecule has 0 spiro atoms. The second kappa shape index (κ2) is 3.09. The van der Waals surface area contributed by atoms with Crippen LogP contribution in [-0.4, -0.2) is 30.2 Å². The Morgan fingerprint density at radius 1 is 1.27 bits per heavy atom. The summed E-state index contributed by atoms with van der Waals surface area (Å²) < 4.78 is 0. The number of rotatable bonds is 0. The molecule has 3 nitrogen and oxygen atoms in total. The van der Waals surface area contributed by atoms with Gasteiger partial charge in [-0.05, 0) is 25.8 Å². The summed E-state index contributed by atoms with van der Waals surface area (Å²) in [5, 5.41) is 5.55. The normalized spacial score (nSPS) is 40.1. The molecule has 0 saturated carbocycles. The van der Waals surface area contributed by atoms with Gasteiger partial charge in [0.2, 0.25) is 0 Å². The zero-order valence-electron chi connectivity index (χ0n) is 6.92. The van der Waals surface area contributed by atoms with Crippen molar-refractivity contribution in [3.8, 4) is 0 Å². The highest BCUT2D eigenvalue weighted by Crippen LogP contribution is 2.20. The van der Waals surface area contributed by atoms with Crippen LogP contribution in [0.15, 0.2) is 0 Å². The van der Waals surface area contributed by atoms with E-state index in [4.69, 9.17) is 5.84 Å². The van der Waals surface area contributed by atoms with E-state index in [2.05, 4.69) is 5.32 Å². The second-order valence-electron chi connectivity index (χ2n) is 3.65. The van der Waals surface area contributed by atoms with Crippen molar-refractivity contribution in [3.63, 3.8) is 0 Å². The molecular formula is C8H17N3. The van der Waals surface area contributed by atoms with Crippen LogP contribution >= 0.6 is 0 Å². The number of hydrogen-bond donors (Lipinski definition) is 2. The van der Waals surface area contributed by atoms with Gasteiger partial charge in [-0.1, -0.05) is 6.42 Å². The molecule has 0 amide bonds. The van der Waals surface area contributed by atoms with E-state index in [0.717, 1.165) is 13.1 Å². The summed E-state index contributed by atoms with van der Waals surface area (Å²) in [5.41, 5.74) is 0. The molecule has 11 heavy (non-hydrogen) atoms. The molecule has 0 aromatic heterocycles. The van der Waals surface area contributed by atoms with E-state index in [0.29, 0.717) is 12.1 Å². The molecule has 2 atom stereocenters. The smallest absolute Gasteiger partial charge is 0.0406 e. The molecule has 0 aromatic rings. The van der Waals surface area contributed by atoms with Gasteiger partial charge in [0.25, 0.3) is 0 Å². The molecule has 2 fully saturated rings. The molecule has 3 heteroatoms. The molecule has 2 unspecified atom stereocenters. The minimum absolute atomic E-state index is 0.623. The predicted octanol–water partition coefficient (Wildman–Crippen LogP) is 0.0765. The van der Waals surface area contributed by atoms with Crippen LogP contribution < -0.4 is 11.2 Å². The summed E-state index contributed by atoms with van der Waals surface area (Å²) in [5.74, 6) is 5.91. The zero-order valence-corrected chi connectivity index (χ0v) is 6.92. The van der Waals surface area contributed by atoms with Crippen LogP contribution in [-0.2, 0) is 0 Å². The van der Waals surface area contributed by atoms with E-state index in [1.165, 1.54) is 25.7 Å². The van der Waals surface area contributed by atoms with E-state index in [9.17, 15) is 0 Å². The lowest BCUT2D eigenvalue weighted by molar-refractivity contribution is 0.199. The number of nitrogens with one attached hydrogen (secondary N) is 1. The average Bonchev–Trinajstić information content (AvgIpc) is 2.40. The molecule has 3 N–H and O–H groups in total. The van der Waals surface area contributed by atoms with Gasteiger partial charge in [-0.2, -0.15) is 0 Å². The van der Waals surface area contributed by atoms with Gasteiger partial charge in [0, 0.05) is 18.6 Å². The first kappa shape index (κ1) is 7.53. The Morgan fingerprint density at radius 3 is 3.09 bits per heavy atom. The molecule has 2 rings (SSSR count). The van der Waals surface area contributed by atoms with Crippen molar-refractivity contribution >= 4 is 0 Å². The summed E-state index contributed by atoms with van der Waals surface area (Å²) in [6.45, 7) is 2.24. The highest BCUT2D eigenvalue weighted by molar-refractivity contribution is 4.90. The Kier molecular flexibility index (Phi) is 2.11. The Balaban J connectivity index is 2.03. The van der Waals surface area contributed by atoms with Crippen LogP contribution in [0.5, 0.6) is 0 Å². The highest BCUT2D eigenvalue weighted by atomic mass is 15.4. The average molecular weight is 155 g/mol. The van der Waals surface area contributed by atoms with Crippen LogP contribution in [0.2, 0.25) is 0 Å². The summed E-state index contributed by atoms with van der Waals surface area (Å²) in [7, 11) is 0. The van der Waals surface area contributed by atoms with Gasteiger partial charge in [0.1, 0.15) is 0 Å². The van der Waals surface area contributed by atoms with Gasteiger partial charge in [0.15, 0.2) is 0 Å². The maximum Gasteiger partial charge on any atom is 0.0406 e. The van der Waals surface area contributed by atoms with Gasteiger partial charge >= 0.3 is 0 Å². The lowest BCUT2D eigenvalue weighted by atomic mass is 10.1. The Bertz CT molecular complexity index is 137. The molecule has 0 bridgehead atoms. The van der Waals surface area contributed by atoms with Crippen molar-refractivity contribution in [1.29, 1.82) is 0 Å². The van der Waals surface area contributed by atoms with E-state index < -0.39 is 0 Å². The van der Waals surface area contributed by atoms with Crippen LogP contribution in [0.4, 0.5) is 0 Å². The third-order valence-electron chi connectivity index (χ3n) is 2.92. The third kappa shape index (κ3) is 1.41. The molecule has 2 heterocycles. The van der Waals surface area contributed by atoms with Crippen molar-refractivity contribution in [2.24, 2.45) is 5.84 Å². The summed E-state index contributed by atoms with van der Waals surface area (Å²) in [6.07, 6.45) is 5.16. The van der Waals surface area contributed by atoms with Gasteiger partial charge in [0.05, 0.1) is 0 Å². The Morgan fingerprint density at radius 2 is 2.18 bits per heavy atom. The topological polar surface area (TPSA) is 41.3 Å². The monoisotopic (exact) mass is 155 g/mol. The molecule has 0 aromatic carbocycles. The number of fused-ring (bicyclic) bond motifs is 1.